The molecule has 2 aromatic rings. The van der Waals surface area contributed by atoms with Gasteiger partial charge in [-0.05, 0) is 56.9 Å². The maximum absolute atomic E-state index is 13.4. The van der Waals surface area contributed by atoms with E-state index >= 15 is 0 Å². The van der Waals surface area contributed by atoms with E-state index in [0.717, 1.165) is 37.2 Å². The van der Waals surface area contributed by atoms with Crippen LogP contribution in [0, 0.1) is 0 Å². The number of likely N-dealkylation sites (tertiary alicyclic amines) is 1. The maximum Gasteiger partial charge on any atom is 0.316 e. The Hall–Kier alpha value is -3.72. The average Bonchev–Trinajstić information content (AvgIpc) is 2.95. The Morgan fingerprint density at radius 1 is 1.05 bits per heavy atom. The van der Waals surface area contributed by atoms with Gasteiger partial charge in [-0.25, -0.2) is 0 Å². The van der Waals surface area contributed by atoms with Crippen LogP contribution in [0.1, 0.15) is 50.3 Å². The number of amides is 2. The molecule has 2 aromatic carbocycles. The van der Waals surface area contributed by atoms with Crippen LogP contribution in [0.15, 0.2) is 76.9 Å². The smallest absolute Gasteiger partial charge is 0.316 e. The fourth-order valence-electron chi connectivity index (χ4n) is 5.65. The molecule has 0 spiro atoms. The lowest BCUT2D eigenvalue weighted by atomic mass is 9.72. The van der Waals surface area contributed by atoms with E-state index in [0.29, 0.717) is 30.7 Å². The molecular weight excluding hydrogens is 491 g/mol. The fourth-order valence-corrected chi connectivity index (χ4v) is 5.65. The molecule has 1 saturated heterocycles. The highest BCUT2D eigenvalue weighted by Crippen LogP contribution is 2.37. The van der Waals surface area contributed by atoms with Crippen LogP contribution in [0.4, 0.5) is 0 Å². The lowest BCUT2D eigenvalue weighted by molar-refractivity contribution is -0.149. The Bertz CT molecular complexity index is 1250. The molecule has 1 atom stereocenters. The summed E-state index contributed by atoms with van der Waals surface area (Å²) in [7, 11) is 7.55. The van der Waals surface area contributed by atoms with Gasteiger partial charge in [-0.1, -0.05) is 60.7 Å². The molecule has 2 aliphatic heterocycles. The third kappa shape index (κ3) is 5.98. The number of carbonyl (C=O) groups excluding carboxylic acids is 3. The zero-order valence-corrected chi connectivity index (χ0v) is 22.9. The lowest BCUT2D eigenvalue weighted by Crippen LogP contribution is -2.48. The Morgan fingerprint density at radius 3 is 2.26 bits per heavy atom. The van der Waals surface area contributed by atoms with Crippen LogP contribution in [-0.2, 0) is 24.5 Å². The van der Waals surface area contributed by atoms with E-state index in [1.165, 1.54) is 18.9 Å². The molecule has 1 fully saturated rings. The Balaban J connectivity index is 1.37. The van der Waals surface area contributed by atoms with Crippen LogP contribution in [0.2, 0.25) is 0 Å². The van der Waals surface area contributed by atoms with E-state index in [1.807, 2.05) is 60.7 Å². The second-order valence-electron chi connectivity index (χ2n) is 10.1. The molecular formula is C30H35BN4O4. The van der Waals surface area contributed by atoms with Crippen LogP contribution in [0.25, 0.3) is 0 Å². The van der Waals surface area contributed by atoms with Crippen molar-refractivity contribution in [2.75, 3.05) is 33.3 Å². The summed E-state index contributed by atoms with van der Waals surface area (Å²) in [6.07, 6.45) is 2.11. The van der Waals surface area contributed by atoms with Gasteiger partial charge in [-0.3, -0.25) is 24.3 Å². The Morgan fingerprint density at radius 2 is 1.67 bits per heavy atom. The summed E-state index contributed by atoms with van der Waals surface area (Å²) in [5, 5.41) is 3.02. The molecule has 2 radical (unpaired) electrons. The molecule has 2 aliphatic rings. The van der Waals surface area contributed by atoms with Crippen molar-refractivity contribution in [3.8, 4) is 0 Å². The molecule has 0 aliphatic carbocycles. The number of nitrogens with one attached hydrogen (secondary N) is 1. The molecule has 9 heteroatoms. The largest absolute Gasteiger partial charge is 0.468 e. The summed E-state index contributed by atoms with van der Waals surface area (Å²) >= 11 is 0. The molecule has 2 heterocycles. The van der Waals surface area contributed by atoms with E-state index in [1.54, 1.807) is 6.92 Å². The van der Waals surface area contributed by atoms with E-state index in [2.05, 4.69) is 15.2 Å². The van der Waals surface area contributed by atoms with Crippen LogP contribution in [-0.4, -0.2) is 74.5 Å². The first-order chi connectivity index (χ1) is 18.8. The quantitative estimate of drug-likeness (QED) is 0.324. The Kier molecular flexibility index (Phi) is 9.02. The molecule has 202 valence electrons. The first-order valence-electron chi connectivity index (χ1n) is 13.3. The monoisotopic (exact) mass is 526 g/mol. The van der Waals surface area contributed by atoms with Gasteiger partial charge >= 0.3 is 5.97 Å². The SMILES string of the molecule is [B]C1=NC(C)=C(C(=O)NCCCN2CCC(C(=O)OC)(c3ccccc3)CC2)C(c2ccccc2)N1C(C)=O. The van der Waals surface area contributed by atoms with Gasteiger partial charge in [0, 0.05) is 19.2 Å². The van der Waals surface area contributed by atoms with Crippen molar-refractivity contribution in [1.29, 1.82) is 0 Å². The summed E-state index contributed by atoms with van der Waals surface area (Å²) in [5.41, 5.74) is 2.14. The maximum atomic E-state index is 13.4. The highest BCUT2D eigenvalue weighted by Gasteiger charge is 2.43. The molecule has 0 aromatic heterocycles. The number of nitrogens with zero attached hydrogens (tertiary/aromatic N) is 3. The minimum Gasteiger partial charge on any atom is -0.468 e. The average molecular weight is 526 g/mol. The van der Waals surface area contributed by atoms with Crippen molar-refractivity contribution in [3.63, 3.8) is 0 Å². The number of carbonyl (C=O) groups is 3. The van der Waals surface area contributed by atoms with Crippen molar-refractivity contribution >= 4 is 31.4 Å². The van der Waals surface area contributed by atoms with Gasteiger partial charge in [0.2, 0.25) is 5.91 Å². The number of rotatable bonds is 8. The first-order valence-corrected chi connectivity index (χ1v) is 13.3. The van der Waals surface area contributed by atoms with Crippen molar-refractivity contribution in [2.45, 2.75) is 44.6 Å². The van der Waals surface area contributed by atoms with Crippen molar-refractivity contribution in [3.05, 3.63) is 83.1 Å². The normalized spacial score (nSPS) is 19.3. The van der Waals surface area contributed by atoms with Gasteiger partial charge < -0.3 is 15.0 Å². The molecule has 39 heavy (non-hydrogen) atoms. The standard InChI is InChI=1S/C30H35BN4O4/c1-21-25(26(23-11-6-4-7-12-23)35(22(2)36)29(31)33-21)27(37)32-17-10-18-34-19-15-30(16-20-34,28(38)39-3)24-13-8-5-9-14-24/h4-9,11-14,26H,10,15-20H2,1-3H3,(H,32,37). The molecule has 0 bridgehead atoms. The van der Waals surface area contributed by atoms with E-state index < -0.39 is 11.5 Å². The molecule has 1 unspecified atom stereocenters. The van der Waals surface area contributed by atoms with Crippen molar-refractivity contribution in [2.24, 2.45) is 4.99 Å². The predicted octanol–water partition coefficient (Wildman–Crippen LogP) is 3.10. The van der Waals surface area contributed by atoms with E-state index in [4.69, 9.17) is 12.6 Å². The zero-order valence-electron chi connectivity index (χ0n) is 22.9. The van der Waals surface area contributed by atoms with Crippen LogP contribution < -0.4 is 5.32 Å². The number of aliphatic imine (C=N–C) groups is 1. The summed E-state index contributed by atoms with van der Waals surface area (Å²) in [5.74, 6) is -0.740. The number of methoxy groups -OCH3 is 1. The van der Waals surface area contributed by atoms with Crippen LogP contribution in [0.3, 0.4) is 0 Å². The number of amidine groups is 1. The zero-order chi connectivity index (χ0) is 28.0. The number of hydrogen-bond donors (Lipinski definition) is 1. The summed E-state index contributed by atoms with van der Waals surface area (Å²) in [4.78, 5) is 46.6. The molecule has 8 nitrogen and oxygen atoms in total. The van der Waals surface area contributed by atoms with Gasteiger partial charge in [0.1, 0.15) is 0 Å². The molecule has 2 amide bonds. The first kappa shape index (κ1) is 28.3. The number of hydrogen-bond acceptors (Lipinski definition) is 6. The summed E-state index contributed by atoms with van der Waals surface area (Å²) < 4.78 is 5.19. The fraction of sp³-hybridized carbons (Fsp3) is 0.400. The van der Waals surface area contributed by atoms with E-state index in [-0.39, 0.29) is 23.5 Å². The molecule has 0 saturated carbocycles. The third-order valence-corrected chi connectivity index (χ3v) is 7.70. The Labute approximate surface area is 231 Å². The number of piperidine rings is 1. The highest BCUT2D eigenvalue weighted by atomic mass is 16.5. The molecule has 1 N–H and O–H groups in total. The minimum absolute atomic E-state index is 0.0778. The second-order valence-corrected chi connectivity index (χ2v) is 10.1. The van der Waals surface area contributed by atoms with Gasteiger partial charge in [0.05, 0.1) is 29.9 Å². The molecule has 4 rings (SSSR count). The van der Waals surface area contributed by atoms with Gasteiger partial charge in [0.25, 0.3) is 5.91 Å². The van der Waals surface area contributed by atoms with Gasteiger partial charge in [0.15, 0.2) is 7.85 Å². The van der Waals surface area contributed by atoms with E-state index in [9.17, 15) is 14.4 Å². The van der Waals surface area contributed by atoms with Crippen molar-refractivity contribution in [1.82, 2.24) is 15.1 Å². The number of allylic oxidation sites excluding steroid dienone is 1. The van der Waals surface area contributed by atoms with Crippen LogP contribution in [0.5, 0.6) is 0 Å². The van der Waals surface area contributed by atoms with Gasteiger partial charge in [-0.15, -0.1) is 0 Å². The second kappa shape index (κ2) is 12.4. The number of ether oxygens (including phenoxy) is 1. The van der Waals surface area contributed by atoms with Gasteiger partial charge in [-0.2, -0.15) is 0 Å². The summed E-state index contributed by atoms with van der Waals surface area (Å²) in [6.45, 7) is 5.94. The summed E-state index contributed by atoms with van der Waals surface area (Å²) in [6, 6.07) is 18.6. The topological polar surface area (TPSA) is 91.3 Å². The number of esters is 1. The lowest BCUT2D eigenvalue weighted by Gasteiger charge is -2.40. The minimum atomic E-state index is -0.646. The van der Waals surface area contributed by atoms with Crippen molar-refractivity contribution < 1.29 is 19.1 Å². The number of benzene rings is 2. The third-order valence-electron chi connectivity index (χ3n) is 7.70. The highest BCUT2D eigenvalue weighted by molar-refractivity contribution is 6.60. The van der Waals surface area contributed by atoms with Crippen LogP contribution >= 0.6 is 0 Å². The predicted molar refractivity (Wildman–Crippen MR) is 151 cm³/mol.